The van der Waals surface area contributed by atoms with Crippen LogP contribution in [0.4, 0.5) is 0 Å². The maximum absolute atomic E-state index is 10.4. The highest BCUT2D eigenvalue weighted by atomic mass is 16.5. The smallest absolute Gasteiger partial charge is 0.328 e. The Kier molecular flexibility index (Phi) is 7.62. The lowest BCUT2D eigenvalue weighted by Crippen LogP contribution is -2.08. The van der Waals surface area contributed by atoms with Crippen LogP contribution in [0, 0.1) is 5.92 Å². The molecule has 0 radical (unpaired) electrons. The van der Waals surface area contributed by atoms with E-state index in [1.54, 1.807) is 6.08 Å². The zero-order valence-corrected chi connectivity index (χ0v) is 12.0. The maximum atomic E-state index is 10.4. The van der Waals surface area contributed by atoms with Gasteiger partial charge in [-0.25, -0.2) is 4.79 Å². The summed E-state index contributed by atoms with van der Waals surface area (Å²) in [7, 11) is 0. The van der Waals surface area contributed by atoms with Gasteiger partial charge in [0.25, 0.3) is 0 Å². The van der Waals surface area contributed by atoms with Crippen molar-refractivity contribution >= 4 is 12.0 Å². The maximum Gasteiger partial charge on any atom is 0.328 e. The largest absolute Gasteiger partial charge is 0.478 e. The molecule has 0 atom stereocenters. The van der Waals surface area contributed by atoms with Gasteiger partial charge in [-0.05, 0) is 23.1 Å². The molecule has 0 aliphatic heterocycles. The third-order valence-electron chi connectivity index (χ3n) is 2.49. The molecule has 4 nitrogen and oxygen atoms in total. The third kappa shape index (κ3) is 7.71. The van der Waals surface area contributed by atoms with Crippen LogP contribution in [0.5, 0.6) is 0 Å². The number of aliphatic carboxylic acids is 1. The lowest BCUT2D eigenvalue weighted by atomic mass is 10.1. The number of carboxylic acid groups (broad SMARTS) is 1. The summed E-state index contributed by atoms with van der Waals surface area (Å²) in [5, 5.41) is 8.53. The van der Waals surface area contributed by atoms with Gasteiger partial charge in [0.1, 0.15) is 0 Å². The number of carbonyl (C=O) groups is 1. The number of ether oxygens (including phenoxy) is 2. The Labute approximate surface area is 120 Å². The molecule has 0 heterocycles. The number of carboxylic acids is 1. The molecule has 1 rings (SSSR count). The van der Waals surface area contributed by atoms with E-state index in [0.29, 0.717) is 25.7 Å². The van der Waals surface area contributed by atoms with Gasteiger partial charge in [-0.3, -0.25) is 0 Å². The van der Waals surface area contributed by atoms with E-state index < -0.39 is 5.97 Å². The van der Waals surface area contributed by atoms with Crippen molar-refractivity contribution in [2.45, 2.75) is 20.5 Å². The summed E-state index contributed by atoms with van der Waals surface area (Å²) in [5.41, 5.74) is 1.91. The van der Waals surface area contributed by atoms with Crippen LogP contribution in [0.1, 0.15) is 25.0 Å². The van der Waals surface area contributed by atoms with Crippen molar-refractivity contribution in [3.63, 3.8) is 0 Å². The van der Waals surface area contributed by atoms with Gasteiger partial charge < -0.3 is 14.6 Å². The Balaban J connectivity index is 2.23. The number of benzene rings is 1. The Morgan fingerprint density at radius 3 is 2.45 bits per heavy atom. The van der Waals surface area contributed by atoms with Crippen molar-refractivity contribution in [2.75, 3.05) is 19.8 Å². The predicted molar refractivity (Wildman–Crippen MR) is 78.4 cm³/mol. The minimum absolute atomic E-state index is 0.536. The molecular formula is C16H22O4. The first-order valence-electron chi connectivity index (χ1n) is 6.73. The molecule has 0 bridgehead atoms. The van der Waals surface area contributed by atoms with E-state index in [0.717, 1.165) is 23.8 Å². The summed E-state index contributed by atoms with van der Waals surface area (Å²) in [4.78, 5) is 10.4. The van der Waals surface area contributed by atoms with Crippen molar-refractivity contribution in [3.8, 4) is 0 Å². The minimum Gasteiger partial charge on any atom is -0.478 e. The van der Waals surface area contributed by atoms with E-state index in [1.165, 1.54) is 0 Å². The monoisotopic (exact) mass is 278 g/mol. The summed E-state index contributed by atoms with van der Waals surface area (Å²) in [6, 6.07) is 7.59. The molecule has 1 aromatic rings. The fourth-order valence-electron chi connectivity index (χ4n) is 1.52. The highest BCUT2D eigenvalue weighted by Gasteiger charge is 1.96. The van der Waals surface area contributed by atoms with E-state index in [1.807, 2.05) is 24.3 Å². The molecule has 0 spiro atoms. The molecule has 1 N–H and O–H groups in total. The summed E-state index contributed by atoms with van der Waals surface area (Å²) < 4.78 is 10.9. The summed E-state index contributed by atoms with van der Waals surface area (Å²) in [6.07, 6.45) is 2.68. The van der Waals surface area contributed by atoms with E-state index in [-0.39, 0.29) is 0 Å². The van der Waals surface area contributed by atoms with Crippen LogP contribution in [0.25, 0.3) is 6.08 Å². The standard InChI is InChI=1S/C16H22O4/c1-13(2)11-19-9-10-20-12-15-5-3-14(4-6-15)7-8-16(17)18/h3-8,13H,9-12H2,1-2H3,(H,17,18)/b8-7+. The molecule has 1 aromatic carbocycles. The SMILES string of the molecule is CC(C)COCCOCc1ccc(/C=C/C(=O)O)cc1. The highest BCUT2D eigenvalue weighted by molar-refractivity contribution is 5.85. The first-order chi connectivity index (χ1) is 9.58. The minimum atomic E-state index is -0.946. The molecule has 20 heavy (non-hydrogen) atoms. The molecule has 0 saturated carbocycles. The number of hydrogen-bond donors (Lipinski definition) is 1. The number of rotatable bonds is 9. The summed E-state index contributed by atoms with van der Waals surface area (Å²) >= 11 is 0. The molecule has 0 saturated heterocycles. The zero-order chi connectivity index (χ0) is 14.8. The molecule has 0 aliphatic carbocycles. The van der Waals surface area contributed by atoms with E-state index >= 15 is 0 Å². The quantitative estimate of drug-likeness (QED) is 0.557. The van der Waals surface area contributed by atoms with Crippen molar-refractivity contribution in [1.29, 1.82) is 0 Å². The first kappa shape index (κ1) is 16.4. The number of hydrogen-bond acceptors (Lipinski definition) is 3. The Hall–Kier alpha value is -1.65. The fourth-order valence-corrected chi connectivity index (χ4v) is 1.52. The Bertz CT molecular complexity index is 421. The van der Waals surface area contributed by atoms with Gasteiger partial charge in [0.05, 0.1) is 19.8 Å². The molecule has 0 amide bonds. The van der Waals surface area contributed by atoms with E-state index in [9.17, 15) is 4.79 Å². The second kappa shape index (κ2) is 9.28. The summed E-state index contributed by atoms with van der Waals surface area (Å²) in [6.45, 7) is 6.70. The van der Waals surface area contributed by atoms with Gasteiger partial charge >= 0.3 is 5.97 Å². The van der Waals surface area contributed by atoms with Gasteiger partial charge in [-0.15, -0.1) is 0 Å². The predicted octanol–water partition coefficient (Wildman–Crippen LogP) is 2.97. The van der Waals surface area contributed by atoms with Crippen LogP contribution in [-0.2, 0) is 20.9 Å². The molecule has 4 heteroatoms. The summed E-state index contributed by atoms with van der Waals surface area (Å²) in [5.74, 6) is -0.403. The Morgan fingerprint density at radius 2 is 1.85 bits per heavy atom. The molecular weight excluding hydrogens is 256 g/mol. The molecule has 0 aliphatic rings. The van der Waals surface area contributed by atoms with Crippen LogP contribution in [0.2, 0.25) is 0 Å². The zero-order valence-electron chi connectivity index (χ0n) is 12.0. The van der Waals surface area contributed by atoms with Crippen molar-refractivity contribution in [1.82, 2.24) is 0 Å². The van der Waals surface area contributed by atoms with Gasteiger partial charge in [-0.2, -0.15) is 0 Å². The van der Waals surface area contributed by atoms with Crippen LogP contribution >= 0.6 is 0 Å². The molecule has 0 unspecified atom stereocenters. The van der Waals surface area contributed by atoms with Gasteiger partial charge in [-0.1, -0.05) is 38.1 Å². The van der Waals surface area contributed by atoms with Crippen LogP contribution < -0.4 is 0 Å². The average Bonchev–Trinajstić information content (AvgIpc) is 2.41. The van der Waals surface area contributed by atoms with Crippen molar-refractivity contribution < 1.29 is 19.4 Å². The second-order valence-corrected chi connectivity index (χ2v) is 4.93. The van der Waals surface area contributed by atoms with Crippen molar-refractivity contribution in [2.24, 2.45) is 5.92 Å². The van der Waals surface area contributed by atoms with Crippen LogP contribution in [-0.4, -0.2) is 30.9 Å². The lowest BCUT2D eigenvalue weighted by molar-refractivity contribution is -0.131. The van der Waals surface area contributed by atoms with Gasteiger partial charge in [0, 0.05) is 12.7 Å². The van der Waals surface area contributed by atoms with Crippen molar-refractivity contribution in [3.05, 3.63) is 41.5 Å². The molecule has 0 aromatic heterocycles. The normalized spacial score (nSPS) is 11.3. The van der Waals surface area contributed by atoms with Crippen LogP contribution in [0.15, 0.2) is 30.3 Å². The van der Waals surface area contributed by atoms with Gasteiger partial charge in [0.2, 0.25) is 0 Å². The highest BCUT2D eigenvalue weighted by Crippen LogP contribution is 2.07. The van der Waals surface area contributed by atoms with E-state index in [2.05, 4.69) is 13.8 Å². The second-order valence-electron chi connectivity index (χ2n) is 4.93. The molecule has 0 fully saturated rings. The average molecular weight is 278 g/mol. The van der Waals surface area contributed by atoms with E-state index in [4.69, 9.17) is 14.6 Å². The fraction of sp³-hybridized carbons (Fsp3) is 0.438. The Morgan fingerprint density at radius 1 is 1.20 bits per heavy atom. The van der Waals surface area contributed by atoms with Gasteiger partial charge in [0.15, 0.2) is 0 Å². The third-order valence-corrected chi connectivity index (χ3v) is 2.49. The lowest BCUT2D eigenvalue weighted by Gasteiger charge is -2.07. The molecule has 110 valence electrons. The topological polar surface area (TPSA) is 55.8 Å². The van der Waals surface area contributed by atoms with Crippen LogP contribution in [0.3, 0.4) is 0 Å². The first-order valence-corrected chi connectivity index (χ1v) is 6.73.